The minimum atomic E-state index is -3.56. The summed E-state index contributed by atoms with van der Waals surface area (Å²) in [6.07, 6.45) is 0. The summed E-state index contributed by atoms with van der Waals surface area (Å²) in [5, 5.41) is 0.521. The lowest BCUT2D eigenvalue weighted by Crippen LogP contribution is -2.14. The highest BCUT2D eigenvalue weighted by Crippen LogP contribution is 2.47. The van der Waals surface area contributed by atoms with E-state index in [1.165, 1.54) is 0 Å². The Bertz CT molecular complexity index is 823. The van der Waals surface area contributed by atoms with Crippen molar-refractivity contribution in [2.45, 2.75) is 13.8 Å². The van der Waals surface area contributed by atoms with Gasteiger partial charge in [0.2, 0.25) is 0 Å². The van der Waals surface area contributed by atoms with Crippen LogP contribution in [-0.2, 0) is 4.57 Å². The largest absolute Gasteiger partial charge is 0.462 e. The summed E-state index contributed by atoms with van der Waals surface area (Å²) < 4.78 is 25.2. The van der Waals surface area contributed by atoms with Gasteiger partial charge in [0.05, 0.1) is 5.30 Å². The predicted molar refractivity (Wildman–Crippen MR) is 97.3 cm³/mol. The zero-order valence-corrected chi connectivity index (χ0v) is 14.6. The van der Waals surface area contributed by atoms with Gasteiger partial charge in [-0.1, -0.05) is 42.5 Å². The molecule has 0 radical (unpaired) electrons. The Hall–Kier alpha value is -2.51. The molecule has 0 saturated carbocycles. The van der Waals surface area contributed by atoms with Crippen molar-refractivity contribution < 1.29 is 13.6 Å². The van der Waals surface area contributed by atoms with Crippen LogP contribution in [0.3, 0.4) is 0 Å². The van der Waals surface area contributed by atoms with E-state index in [1.54, 1.807) is 24.3 Å². The zero-order valence-electron chi connectivity index (χ0n) is 13.7. The molecule has 24 heavy (non-hydrogen) atoms. The standard InChI is InChI=1S/C20H19O3P/c1-16-8-6-10-18(14-16)22-24(21,20-12-4-3-5-13-20)23-19-11-7-9-17(2)15-19/h3-15H,1-2H3. The average molecular weight is 338 g/mol. The lowest BCUT2D eigenvalue weighted by Gasteiger charge is -2.20. The molecular formula is C20H19O3P. The van der Waals surface area contributed by atoms with Gasteiger partial charge in [0.15, 0.2) is 0 Å². The minimum Gasteiger partial charge on any atom is -0.413 e. The third-order valence-corrected chi connectivity index (χ3v) is 5.34. The molecule has 0 unspecified atom stereocenters. The predicted octanol–water partition coefficient (Wildman–Crippen LogP) is 5.28. The lowest BCUT2D eigenvalue weighted by atomic mass is 10.2. The first-order chi connectivity index (χ1) is 11.5. The number of rotatable bonds is 5. The van der Waals surface area contributed by atoms with E-state index in [4.69, 9.17) is 9.05 Å². The second kappa shape index (κ2) is 6.94. The summed E-state index contributed by atoms with van der Waals surface area (Å²) in [6, 6.07) is 23.9. The summed E-state index contributed by atoms with van der Waals surface area (Å²) in [4.78, 5) is 0. The molecule has 0 fully saturated rings. The van der Waals surface area contributed by atoms with E-state index in [1.807, 2.05) is 68.4 Å². The lowest BCUT2D eigenvalue weighted by molar-refractivity contribution is 0.399. The number of benzene rings is 3. The van der Waals surface area contributed by atoms with Gasteiger partial charge in [-0.3, -0.25) is 0 Å². The number of aryl methyl sites for hydroxylation is 2. The van der Waals surface area contributed by atoms with Gasteiger partial charge in [-0.25, -0.2) is 4.57 Å². The Balaban J connectivity index is 1.99. The SMILES string of the molecule is Cc1cccc(OP(=O)(Oc2cccc(C)c2)c2ccccc2)c1. The second-order valence-corrected chi connectivity index (χ2v) is 7.53. The molecule has 0 heterocycles. The van der Waals surface area contributed by atoms with E-state index >= 15 is 0 Å². The monoisotopic (exact) mass is 338 g/mol. The van der Waals surface area contributed by atoms with Gasteiger partial charge < -0.3 is 9.05 Å². The van der Waals surface area contributed by atoms with Crippen molar-refractivity contribution >= 4 is 12.9 Å². The Morgan fingerprint density at radius 3 is 1.62 bits per heavy atom. The molecule has 0 aromatic heterocycles. The van der Waals surface area contributed by atoms with Crippen molar-refractivity contribution in [3.05, 3.63) is 90.0 Å². The highest BCUT2D eigenvalue weighted by Gasteiger charge is 2.31. The molecule has 3 aromatic rings. The van der Waals surface area contributed by atoms with Crippen LogP contribution in [0.4, 0.5) is 0 Å². The van der Waals surface area contributed by atoms with Crippen molar-refractivity contribution in [3.63, 3.8) is 0 Å². The third kappa shape index (κ3) is 3.87. The summed E-state index contributed by atoms with van der Waals surface area (Å²) in [5.41, 5.74) is 2.06. The summed E-state index contributed by atoms with van der Waals surface area (Å²) in [5.74, 6) is 1.05. The fourth-order valence-electron chi connectivity index (χ4n) is 2.36. The first kappa shape index (κ1) is 16.4. The molecule has 0 spiro atoms. The van der Waals surface area contributed by atoms with Crippen molar-refractivity contribution in [3.8, 4) is 11.5 Å². The molecular weight excluding hydrogens is 319 g/mol. The van der Waals surface area contributed by atoms with Crippen LogP contribution in [0, 0.1) is 13.8 Å². The summed E-state index contributed by atoms with van der Waals surface area (Å²) >= 11 is 0. The molecule has 0 aliphatic rings. The van der Waals surface area contributed by atoms with Crippen molar-refractivity contribution in [1.29, 1.82) is 0 Å². The Morgan fingerprint density at radius 1 is 0.667 bits per heavy atom. The van der Waals surface area contributed by atoms with Crippen molar-refractivity contribution in [2.75, 3.05) is 0 Å². The highest BCUT2D eigenvalue weighted by atomic mass is 31.2. The quantitative estimate of drug-likeness (QED) is 0.594. The van der Waals surface area contributed by atoms with Crippen LogP contribution in [0.25, 0.3) is 0 Å². The topological polar surface area (TPSA) is 35.5 Å². The van der Waals surface area contributed by atoms with Crippen LogP contribution in [0.2, 0.25) is 0 Å². The van der Waals surface area contributed by atoms with Crippen LogP contribution in [-0.4, -0.2) is 0 Å². The number of hydrogen-bond donors (Lipinski definition) is 0. The molecule has 4 heteroatoms. The summed E-state index contributed by atoms with van der Waals surface area (Å²) in [7, 11) is -3.56. The van der Waals surface area contributed by atoms with E-state index in [9.17, 15) is 4.57 Å². The third-order valence-electron chi connectivity index (χ3n) is 3.50. The minimum absolute atomic E-state index is 0.521. The molecule has 0 atom stereocenters. The fraction of sp³-hybridized carbons (Fsp3) is 0.100. The van der Waals surface area contributed by atoms with Gasteiger partial charge in [0, 0.05) is 0 Å². The molecule has 0 N–H and O–H groups in total. The van der Waals surface area contributed by atoms with Crippen LogP contribution < -0.4 is 14.4 Å². The van der Waals surface area contributed by atoms with E-state index in [0.717, 1.165) is 11.1 Å². The van der Waals surface area contributed by atoms with Crippen LogP contribution in [0.15, 0.2) is 78.9 Å². The van der Waals surface area contributed by atoms with E-state index in [-0.39, 0.29) is 0 Å². The Morgan fingerprint density at radius 2 is 1.17 bits per heavy atom. The molecule has 3 rings (SSSR count). The van der Waals surface area contributed by atoms with Gasteiger partial charge in [-0.05, 0) is 61.4 Å². The maximum Gasteiger partial charge on any atom is 0.462 e. The maximum atomic E-state index is 13.5. The number of hydrogen-bond acceptors (Lipinski definition) is 3. The molecule has 0 amide bonds. The van der Waals surface area contributed by atoms with Crippen LogP contribution >= 0.6 is 7.60 Å². The van der Waals surface area contributed by atoms with Gasteiger partial charge in [0.25, 0.3) is 0 Å². The molecule has 0 bridgehead atoms. The van der Waals surface area contributed by atoms with Crippen molar-refractivity contribution in [2.24, 2.45) is 0 Å². The first-order valence-corrected chi connectivity index (χ1v) is 9.28. The van der Waals surface area contributed by atoms with Crippen LogP contribution in [0.5, 0.6) is 11.5 Å². The average Bonchev–Trinajstić information content (AvgIpc) is 2.55. The molecule has 0 aliphatic carbocycles. The molecule has 3 aromatic carbocycles. The summed E-state index contributed by atoms with van der Waals surface area (Å²) in [6.45, 7) is 3.92. The fourth-order valence-corrected chi connectivity index (χ4v) is 3.92. The van der Waals surface area contributed by atoms with E-state index < -0.39 is 7.60 Å². The smallest absolute Gasteiger partial charge is 0.413 e. The van der Waals surface area contributed by atoms with Gasteiger partial charge >= 0.3 is 7.60 Å². The van der Waals surface area contributed by atoms with Gasteiger partial charge in [-0.15, -0.1) is 0 Å². The van der Waals surface area contributed by atoms with E-state index in [0.29, 0.717) is 16.8 Å². The molecule has 0 aliphatic heterocycles. The zero-order chi connectivity index (χ0) is 17.0. The Labute approximate surface area is 142 Å². The Kier molecular flexibility index (Phi) is 4.73. The maximum absolute atomic E-state index is 13.5. The van der Waals surface area contributed by atoms with E-state index in [2.05, 4.69) is 0 Å². The van der Waals surface area contributed by atoms with Crippen LogP contribution in [0.1, 0.15) is 11.1 Å². The second-order valence-electron chi connectivity index (χ2n) is 5.65. The molecule has 0 saturated heterocycles. The normalized spacial score (nSPS) is 11.1. The van der Waals surface area contributed by atoms with Gasteiger partial charge in [-0.2, -0.15) is 0 Å². The van der Waals surface area contributed by atoms with Gasteiger partial charge in [0.1, 0.15) is 11.5 Å². The first-order valence-electron chi connectivity index (χ1n) is 7.73. The van der Waals surface area contributed by atoms with Crippen molar-refractivity contribution in [1.82, 2.24) is 0 Å². The molecule has 3 nitrogen and oxygen atoms in total. The highest BCUT2D eigenvalue weighted by molar-refractivity contribution is 7.63. The molecule has 122 valence electrons.